The molecule has 8 heteroatoms. The number of benzene rings is 1. The average Bonchev–Trinajstić information content (AvgIpc) is 1.92. The third kappa shape index (κ3) is 3.99. The van der Waals surface area contributed by atoms with Gasteiger partial charge in [-0.15, -0.1) is 0 Å². The SMILES string of the molecule is O.O=S(=O)(O)c1cc(O)ccc1O.[Ca]. The first-order chi connectivity index (χ1) is 5.41. The minimum Gasteiger partial charge on any atom is -0.508 e. The molecule has 2 radical (unpaired) electrons. The molecule has 0 unspecified atom stereocenters. The van der Waals surface area contributed by atoms with Gasteiger partial charge in [-0.2, -0.15) is 8.42 Å². The van der Waals surface area contributed by atoms with Crippen LogP contribution in [-0.2, 0) is 10.1 Å². The predicted molar refractivity (Wildman–Crippen MR) is 49.0 cm³/mol. The van der Waals surface area contributed by atoms with E-state index in [1.54, 1.807) is 0 Å². The molecule has 0 spiro atoms. The molecule has 1 aromatic rings. The summed E-state index contributed by atoms with van der Waals surface area (Å²) in [5.41, 5.74) is 0. The van der Waals surface area contributed by atoms with Crippen LogP contribution in [0.2, 0.25) is 0 Å². The van der Waals surface area contributed by atoms with E-state index in [0.717, 1.165) is 18.2 Å². The third-order valence-corrected chi connectivity index (χ3v) is 2.10. The van der Waals surface area contributed by atoms with Crippen LogP contribution >= 0.6 is 0 Å². The topological polar surface area (TPSA) is 126 Å². The molecule has 0 aromatic heterocycles. The van der Waals surface area contributed by atoms with Gasteiger partial charge in [0.15, 0.2) is 0 Å². The number of phenolic OH excluding ortho intramolecular Hbond substituents is 2. The molecule has 0 bridgehead atoms. The number of rotatable bonds is 1. The van der Waals surface area contributed by atoms with Crippen molar-refractivity contribution in [2.24, 2.45) is 0 Å². The van der Waals surface area contributed by atoms with Crippen LogP contribution in [0, 0.1) is 0 Å². The quantitative estimate of drug-likeness (QED) is 0.338. The summed E-state index contributed by atoms with van der Waals surface area (Å²) in [7, 11) is -4.47. The van der Waals surface area contributed by atoms with Gasteiger partial charge in [-0.1, -0.05) is 0 Å². The van der Waals surface area contributed by atoms with Crippen molar-refractivity contribution in [3.63, 3.8) is 0 Å². The van der Waals surface area contributed by atoms with E-state index >= 15 is 0 Å². The van der Waals surface area contributed by atoms with Gasteiger partial charge in [-0.3, -0.25) is 4.55 Å². The Morgan fingerprint density at radius 3 is 2.00 bits per heavy atom. The third-order valence-electron chi connectivity index (χ3n) is 1.22. The molecule has 0 aliphatic carbocycles. The fourth-order valence-electron chi connectivity index (χ4n) is 0.709. The van der Waals surface area contributed by atoms with E-state index in [9.17, 15) is 8.42 Å². The van der Waals surface area contributed by atoms with Crippen LogP contribution in [0.25, 0.3) is 0 Å². The molecular weight excluding hydrogens is 240 g/mol. The van der Waals surface area contributed by atoms with Gasteiger partial charge >= 0.3 is 0 Å². The van der Waals surface area contributed by atoms with Crippen molar-refractivity contribution in [3.8, 4) is 11.5 Å². The largest absolute Gasteiger partial charge is 0.508 e. The van der Waals surface area contributed by atoms with Crippen molar-refractivity contribution >= 4 is 47.9 Å². The van der Waals surface area contributed by atoms with E-state index in [2.05, 4.69) is 0 Å². The van der Waals surface area contributed by atoms with Gasteiger partial charge in [0, 0.05) is 43.8 Å². The van der Waals surface area contributed by atoms with Gasteiger partial charge in [-0.25, -0.2) is 0 Å². The Hall–Kier alpha value is -0.0503. The molecule has 0 aliphatic rings. The molecule has 0 saturated heterocycles. The van der Waals surface area contributed by atoms with E-state index < -0.39 is 20.8 Å². The normalized spacial score (nSPS) is 9.79. The molecule has 0 atom stereocenters. The fourth-order valence-corrected chi connectivity index (χ4v) is 1.31. The fraction of sp³-hybridized carbons (Fsp3) is 0. The van der Waals surface area contributed by atoms with Crippen molar-refractivity contribution in [2.75, 3.05) is 0 Å². The Bertz CT molecular complexity index is 401. The first-order valence-electron chi connectivity index (χ1n) is 2.91. The van der Waals surface area contributed by atoms with Crippen LogP contribution in [0.15, 0.2) is 23.1 Å². The monoisotopic (exact) mass is 248 g/mol. The van der Waals surface area contributed by atoms with Gasteiger partial charge < -0.3 is 15.7 Å². The summed E-state index contributed by atoms with van der Waals surface area (Å²) < 4.78 is 29.5. The van der Waals surface area contributed by atoms with Crippen molar-refractivity contribution in [1.82, 2.24) is 0 Å². The van der Waals surface area contributed by atoms with Gasteiger partial charge in [0.2, 0.25) is 0 Å². The van der Waals surface area contributed by atoms with Crippen LogP contribution in [0.4, 0.5) is 0 Å². The summed E-state index contributed by atoms with van der Waals surface area (Å²) in [6.45, 7) is 0. The summed E-state index contributed by atoms with van der Waals surface area (Å²) in [5.74, 6) is -0.948. The molecule has 0 heterocycles. The zero-order valence-corrected chi connectivity index (χ0v) is 10.0. The molecule has 1 rings (SSSR count). The maximum absolute atomic E-state index is 10.5. The van der Waals surface area contributed by atoms with Crippen molar-refractivity contribution in [3.05, 3.63) is 18.2 Å². The minimum atomic E-state index is -4.47. The van der Waals surface area contributed by atoms with Crippen LogP contribution < -0.4 is 0 Å². The van der Waals surface area contributed by atoms with Crippen LogP contribution in [-0.4, -0.2) is 66.4 Å². The smallest absolute Gasteiger partial charge is 0.298 e. The van der Waals surface area contributed by atoms with Crippen molar-refractivity contribution in [1.29, 1.82) is 0 Å². The number of phenols is 2. The Labute approximate surface area is 110 Å². The summed E-state index contributed by atoms with van der Waals surface area (Å²) in [4.78, 5) is -0.706. The van der Waals surface area contributed by atoms with E-state index in [0.29, 0.717) is 0 Å². The molecule has 6 nitrogen and oxygen atoms in total. The molecule has 0 amide bonds. The van der Waals surface area contributed by atoms with Gasteiger partial charge in [0.1, 0.15) is 16.4 Å². The maximum Gasteiger partial charge on any atom is 0.298 e. The first kappa shape index (κ1) is 16.4. The number of aromatic hydroxyl groups is 2. The van der Waals surface area contributed by atoms with E-state index in [4.69, 9.17) is 14.8 Å². The predicted octanol–water partition coefficient (Wildman–Crippen LogP) is -0.861. The van der Waals surface area contributed by atoms with E-state index in [1.807, 2.05) is 0 Å². The first-order valence-corrected chi connectivity index (χ1v) is 4.35. The Morgan fingerprint density at radius 2 is 1.64 bits per heavy atom. The van der Waals surface area contributed by atoms with E-state index in [1.165, 1.54) is 0 Å². The molecule has 0 saturated carbocycles. The summed E-state index contributed by atoms with van der Waals surface area (Å²) in [6, 6.07) is 2.83. The molecule has 14 heavy (non-hydrogen) atoms. The van der Waals surface area contributed by atoms with Crippen LogP contribution in [0.3, 0.4) is 0 Å². The Balaban J connectivity index is 0. The van der Waals surface area contributed by atoms with Crippen molar-refractivity contribution < 1.29 is 28.7 Å². The molecular formula is C6H8CaO6S. The second-order valence-electron chi connectivity index (χ2n) is 2.13. The van der Waals surface area contributed by atoms with Gasteiger partial charge in [-0.05, 0) is 12.1 Å². The Morgan fingerprint density at radius 1 is 1.14 bits per heavy atom. The zero-order valence-electron chi connectivity index (χ0n) is 7.01. The summed E-state index contributed by atoms with van der Waals surface area (Å²) in [6.07, 6.45) is 0. The number of hydrogen-bond acceptors (Lipinski definition) is 4. The molecule has 0 fully saturated rings. The van der Waals surface area contributed by atoms with Gasteiger partial charge in [0.05, 0.1) is 0 Å². The minimum absolute atomic E-state index is 0. The van der Waals surface area contributed by atoms with Crippen LogP contribution in [0.5, 0.6) is 11.5 Å². The standard InChI is InChI=1S/C6H6O5S.Ca.H2O/c7-4-1-2-5(8)6(3-4)12(9,10)11;;/h1-3,7-8H,(H,9,10,11);;1H2. The molecule has 76 valence electrons. The molecule has 5 N–H and O–H groups in total. The zero-order chi connectivity index (χ0) is 9.35. The average molecular weight is 248 g/mol. The van der Waals surface area contributed by atoms with E-state index in [-0.39, 0.29) is 49.0 Å². The summed E-state index contributed by atoms with van der Waals surface area (Å²) >= 11 is 0. The second kappa shape index (κ2) is 5.74. The van der Waals surface area contributed by atoms with Crippen molar-refractivity contribution in [2.45, 2.75) is 4.90 Å². The van der Waals surface area contributed by atoms with Gasteiger partial charge in [0.25, 0.3) is 10.1 Å². The Kier molecular flexibility index (Phi) is 6.72. The molecule has 0 aliphatic heterocycles. The molecule has 1 aromatic carbocycles. The van der Waals surface area contributed by atoms with Crippen LogP contribution in [0.1, 0.15) is 0 Å². The maximum atomic E-state index is 10.5. The second-order valence-corrected chi connectivity index (χ2v) is 3.52. The number of hydrogen-bond donors (Lipinski definition) is 3. The summed E-state index contributed by atoms with van der Waals surface area (Å²) in [5, 5.41) is 17.7.